The molecule has 2 aromatic carbocycles. The van der Waals surface area contributed by atoms with Crippen LogP contribution in [0.15, 0.2) is 72.3 Å². The Balaban J connectivity index is 1.56. The second-order valence-electron chi connectivity index (χ2n) is 5.63. The van der Waals surface area contributed by atoms with Gasteiger partial charge in [0.25, 0.3) is 0 Å². The van der Waals surface area contributed by atoms with Crippen LogP contribution in [-0.4, -0.2) is 18.0 Å². The molecule has 2 heteroatoms. The summed E-state index contributed by atoms with van der Waals surface area (Å²) in [4.78, 5) is 2.48. The van der Waals surface area contributed by atoms with Gasteiger partial charge in [-0.2, -0.15) is 0 Å². The van der Waals surface area contributed by atoms with Gasteiger partial charge in [-0.1, -0.05) is 72.3 Å². The molecular formula is C20H20ClN. The minimum absolute atomic E-state index is 0.783. The third kappa shape index (κ3) is 4.33. The van der Waals surface area contributed by atoms with Crippen molar-refractivity contribution in [2.75, 3.05) is 13.1 Å². The van der Waals surface area contributed by atoms with Crippen molar-refractivity contribution in [1.29, 1.82) is 0 Å². The summed E-state index contributed by atoms with van der Waals surface area (Å²) in [6, 6.07) is 18.6. The van der Waals surface area contributed by atoms with Gasteiger partial charge < -0.3 is 0 Å². The van der Waals surface area contributed by atoms with Crippen molar-refractivity contribution in [1.82, 2.24) is 4.90 Å². The molecule has 1 aliphatic rings. The summed E-state index contributed by atoms with van der Waals surface area (Å²) in [5.74, 6) is 0. The van der Waals surface area contributed by atoms with Gasteiger partial charge in [0.1, 0.15) is 0 Å². The molecule has 3 rings (SSSR count). The van der Waals surface area contributed by atoms with Gasteiger partial charge in [-0.15, -0.1) is 0 Å². The average molecular weight is 310 g/mol. The van der Waals surface area contributed by atoms with Crippen LogP contribution in [0, 0.1) is 0 Å². The summed E-state index contributed by atoms with van der Waals surface area (Å²) in [5.41, 5.74) is 3.99. The van der Waals surface area contributed by atoms with E-state index >= 15 is 0 Å². The highest BCUT2D eigenvalue weighted by atomic mass is 35.5. The quantitative estimate of drug-likeness (QED) is 0.751. The van der Waals surface area contributed by atoms with E-state index in [1.165, 1.54) is 16.7 Å². The average Bonchev–Trinajstić information content (AvgIpc) is 2.57. The molecule has 112 valence electrons. The van der Waals surface area contributed by atoms with Crippen molar-refractivity contribution in [2.45, 2.75) is 13.0 Å². The van der Waals surface area contributed by atoms with E-state index in [9.17, 15) is 0 Å². The smallest absolute Gasteiger partial charge is 0.0406 e. The minimum Gasteiger partial charge on any atom is -0.295 e. The largest absolute Gasteiger partial charge is 0.295 e. The zero-order chi connectivity index (χ0) is 15.2. The monoisotopic (exact) mass is 309 g/mol. The van der Waals surface area contributed by atoms with E-state index in [-0.39, 0.29) is 0 Å². The Hall–Kier alpha value is -1.83. The van der Waals surface area contributed by atoms with E-state index in [2.05, 4.69) is 53.5 Å². The van der Waals surface area contributed by atoms with Crippen LogP contribution < -0.4 is 0 Å². The zero-order valence-corrected chi connectivity index (χ0v) is 13.3. The summed E-state index contributed by atoms with van der Waals surface area (Å²) < 4.78 is 0. The standard InChI is InChI=1S/C20H20ClN/c21-20-10-8-17(9-11-20)6-7-18-12-14-22(15-13-18)16-19-4-2-1-3-5-19/h1-12H,13-16H2/b7-6+. The van der Waals surface area contributed by atoms with Crippen LogP contribution in [0.25, 0.3) is 6.08 Å². The Morgan fingerprint density at radius 3 is 2.41 bits per heavy atom. The predicted octanol–water partition coefficient (Wildman–Crippen LogP) is 5.19. The molecule has 0 atom stereocenters. The second kappa shape index (κ2) is 7.44. The molecule has 0 spiro atoms. The molecule has 22 heavy (non-hydrogen) atoms. The molecule has 0 saturated heterocycles. The van der Waals surface area contributed by atoms with E-state index in [1.807, 2.05) is 24.3 Å². The third-order valence-corrected chi connectivity index (χ3v) is 4.19. The van der Waals surface area contributed by atoms with E-state index in [4.69, 9.17) is 11.6 Å². The topological polar surface area (TPSA) is 3.24 Å². The van der Waals surface area contributed by atoms with Gasteiger partial charge in [-0.25, -0.2) is 0 Å². The Morgan fingerprint density at radius 2 is 1.73 bits per heavy atom. The van der Waals surface area contributed by atoms with Crippen LogP contribution in [0.2, 0.25) is 5.02 Å². The van der Waals surface area contributed by atoms with Crippen LogP contribution in [0.1, 0.15) is 17.5 Å². The third-order valence-electron chi connectivity index (χ3n) is 3.94. The van der Waals surface area contributed by atoms with E-state index in [1.54, 1.807) is 0 Å². The molecule has 0 unspecified atom stereocenters. The number of nitrogens with zero attached hydrogens (tertiary/aromatic N) is 1. The molecule has 0 N–H and O–H groups in total. The van der Waals surface area contributed by atoms with E-state index in [0.717, 1.165) is 31.1 Å². The van der Waals surface area contributed by atoms with Crippen molar-refractivity contribution < 1.29 is 0 Å². The molecule has 0 bridgehead atoms. The lowest BCUT2D eigenvalue weighted by Gasteiger charge is -2.25. The fourth-order valence-electron chi connectivity index (χ4n) is 2.64. The molecular weight excluding hydrogens is 290 g/mol. The van der Waals surface area contributed by atoms with Crippen LogP contribution in [0.5, 0.6) is 0 Å². The van der Waals surface area contributed by atoms with Crippen molar-refractivity contribution >= 4 is 17.7 Å². The maximum Gasteiger partial charge on any atom is 0.0406 e. The normalized spacial score (nSPS) is 16.0. The van der Waals surface area contributed by atoms with Crippen molar-refractivity contribution in [3.05, 3.63) is 88.5 Å². The summed E-state index contributed by atoms with van der Waals surface area (Å²) in [6.45, 7) is 3.17. The summed E-state index contributed by atoms with van der Waals surface area (Å²) in [6.07, 6.45) is 7.83. The summed E-state index contributed by atoms with van der Waals surface area (Å²) >= 11 is 5.90. The molecule has 1 heterocycles. The number of halogens is 1. The fraction of sp³-hybridized carbons (Fsp3) is 0.200. The lowest BCUT2D eigenvalue weighted by Crippen LogP contribution is -2.27. The van der Waals surface area contributed by atoms with Gasteiger partial charge in [0.2, 0.25) is 0 Å². The number of hydrogen-bond acceptors (Lipinski definition) is 1. The van der Waals surface area contributed by atoms with Crippen molar-refractivity contribution in [2.24, 2.45) is 0 Å². The molecule has 0 radical (unpaired) electrons. The highest BCUT2D eigenvalue weighted by molar-refractivity contribution is 6.30. The molecule has 0 saturated carbocycles. The number of benzene rings is 2. The second-order valence-corrected chi connectivity index (χ2v) is 6.07. The van der Waals surface area contributed by atoms with Gasteiger partial charge >= 0.3 is 0 Å². The predicted molar refractivity (Wildman–Crippen MR) is 94.9 cm³/mol. The minimum atomic E-state index is 0.783. The number of hydrogen-bond donors (Lipinski definition) is 0. The van der Waals surface area contributed by atoms with Crippen LogP contribution in [0.4, 0.5) is 0 Å². The van der Waals surface area contributed by atoms with Crippen LogP contribution in [-0.2, 0) is 6.54 Å². The lowest BCUT2D eigenvalue weighted by molar-refractivity contribution is 0.287. The van der Waals surface area contributed by atoms with Gasteiger partial charge in [0.15, 0.2) is 0 Å². The first-order chi connectivity index (χ1) is 10.8. The van der Waals surface area contributed by atoms with Crippen LogP contribution in [0.3, 0.4) is 0 Å². The van der Waals surface area contributed by atoms with Crippen LogP contribution >= 0.6 is 11.6 Å². The first kappa shape index (κ1) is 15.1. The SMILES string of the molecule is Clc1ccc(/C=C/C2=CCN(Cc3ccccc3)CC2)cc1. The molecule has 0 aromatic heterocycles. The molecule has 1 aliphatic heterocycles. The van der Waals surface area contributed by atoms with E-state index < -0.39 is 0 Å². The molecule has 2 aromatic rings. The highest BCUT2D eigenvalue weighted by Crippen LogP contribution is 2.17. The van der Waals surface area contributed by atoms with Gasteiger partial charge in [-0.3, -0.25) is 4.90 Å². The Labute approximate surface area is 137 Å². The lowest BCUT2D eigenvalue weighted by atomic mass is 10.1. The molecule has 0 fully saturated rings. The van der Waals surface area contributed by atoms with Crippen molar-refractivity contribution in [3.63, 3.8) is 0 Å². The Morgan fingerprint density at radius 1 is 0.955 bits per heavy atom. The van der Waals surface area contributed by atoms with Gasteiger partial charge in [0.05, 0.1) is 0 Å². The molecule has 0 aliphatic carbocycles. The first-order valence-electron chi connectivity index (χ1n) is 7.68. The van der Waals surface area contributed by atoms with Gasteiger partial charge in [-0.05, 0) is 35.3 Å². The number of rotatable bonds is 4. The van der Waals surface area contributed by atoms with E-state index in [0.29, 0.717) is 0 Å². The maximum atomic E-state index is 5.90. The van der Waals surface area contributed by atoms with Gasteiger partial charge in [0, 0.05) is 24.7 Å². The highest BCUT2D eigenvalue weighted by Gasteiger charge is 2.10. The number of allylic oxidation sites excluding steroid dienone is 1. The summed E-state index contributed by atoms with van der Waals surface area (Å²) in [7, 11) is 0. The zero-order valence-electron chi connectivity index (χ0n) is 12.6. The van der Waals surface area contributed by atoms with Crippen molar-refractivity contribution in [3.8, 4) is 0 Å². The Bertz CT molecular complexity index is 656. The molecule has 1 nitrogen and oxygen atoms in total. The Kier molecular flexibility index (Phi) is 5.10. The summed E-state index contributed by atoms with van der Waals surface area (Å²) in [5, 5.41) is 0.783. The first-order valence-corrected chi connectivity index (χ1v) is 8.06. The maximum absolute atomic E-state index is 5.90. The molecule has 0 amide bonds. The fourth-order valence-corrected chi connectivity index (χ4v) is 2.77.